The Balaban J connectivity index is 1.76. The average molecular weight is 299 g/mol. The quantitative estimate of drug-likeness (QED) is 0.513. The van der Waals surface area contributed by atoms with E-state index >= 15 is 0 Å². The van der Waals surface area contributed by atoms with E-state index < -0.39 is 0 Å². The van der Waals surface area contributed by atoms with Crippen molar-refractivity contribution in [2.75, 3.05) is 13.2 Å². The Labute approximate surface area is 131 Å². The van der Waals surface area contributed by atoms with Crippen LogP contribution in [0.25, 0.3) is 0 Å². The summed E-state index contributed by atoms with van der Waals surface area (Å²) in [6.45, 7) is 3.61. The molecule has 116 valence electrons. The van der Waals surface area contributed by atoms with Crippen LogP contribution in [0.3, 0.4) is 0 Å². The molecule has 0 heterocycles. The molecular weight excluding hydrogens is 277 g/mol. The average Bonchev–Trinajstić information content (AvgIpc) is 2.55. The SMILES string of the molecule is CCCCOc1ccc(C=NCCc2ccc(F)cc2)cc1. The molecule has 3 heteroatoms. The molecule has 2 rings (SSSR count). The molecule has 0 N–H and O–H groups in total. The fraction of sp³-hybridized carbons (Fsp3) is 0.316. The molecule has 0 fully saturated rings. The third kappa shape index (κ3) is 5.68. The summed E-state index contributed by atoms with van der Waals surface area (Å²) in [5.41, 5.74) is 2.15. The second-order valence-corrected chi connectivity index (χ2v) is 5.18. The number of rotatable bonds is 8. The monoisotopic (exact) mass is 299 g/mol. The third-order valence-electron chi connectivity index (χ3n) is 3.33. The van der Waals surface area contributed by atoms with Crippen LogP contribution in [-0.2, 0) is 6.42 Å². The van der Waals surface area contributed by atoms with Crippen LogP contribution in [0, 0.1) is 5.82 Å². The number of unbranched alkanes of at least 4 members (excludes halogenated alkanes) is 1. The highest BCUT2D eigenvalue weighted by atomic mass is 19.1. The molecule has 0 aliphatic rings. The Kier molecular flexibility index (Phi) is 6.62. The van der Waals surface area contributed by atoms with Crippen molar-refractivity contribution in [3.8, 4) is 5.75 Å². The summed E-state index contributed by atoms with van der Waals surface area (Å²) >= 11 is 0. The minimum Gasteiger partial charge on any atom is -0.494 e. The molecule has 0 aliphatic carbocycles. The number of hydrogen-bond acceptors (Lipinski definition) is 2. The van der Waals surface area contributed by atoms with Gasteiger partial charge in [0.05, 0.1) is 6.61 Å². The van der Waals surface area contributed by atoms with Gasteiger partial charge in [-0.15, -0.1) is 0 Å². The van der Waals surface area contributed by atoms with Gasteiger partial charge in [-0.25, -0.2) is 4.39 Å². The number of halogens is 1. The van der Waals surface area contributed by atoms with E-state index in [0.29, 0.717) is 6.54 Å². The Morgan fingerprint density at radius 3 is 2.45 bits per heavy atom. The third-order valence-corrected chi connectivity index (χ3v) is 3.33. The maximum atomic E-state index is 12.8. The van der Waals surface area contributed by atoms with Gasteiger partial charge in [0.15, 0.2) is 0 Å². The van der Waals surface area contributed by atoms with E-state index in [1.54, 1.807) is 12.1 Å². The smallest absolute Gasteiger partial charge is 0.123 e. The van der Waals surface area contributed by atoms with Gasteiger partial charge in [0.25, 0.3) is 0 Å². The molecule has 0 radical (unpaired) electrons. The Bertz CT molecular complexity index is 575. The van der Waals surface area contributed by atoms with Gasteiger partial charge in [0, 0.05) is 12.8 Å². The summed E-state index contributed by atoms with van der Waals surface area (Å²) in [5.74, 6) is 0.699. The highest BCUT2D eigenvalue weighted by Gasteiger charge is 1.95. The van der Waals surface area contributed by atoms with E-state index in [1.165, 1.54) is 12.1 Å². The van der Waals surface area contributed by atoms with Gasteiger partial charge in [-0.2, -0.15) is 0 Å². The van der Waals surface area contributed by atoms with E-state index in [0.717, 1.165) is 42.7 Å². The van der Waals surface area contributed by atoms with Gasteiger partial charge >= 0.3 is 0 Å². The summed E-state index contributed by atoms with van der Waals surface area (Å²) in [5, 5.41) is 0. The summed E-state index contributed by atoms with van der Waals surface area (Å²) in [6.07, 6.45) is 4.89. The molecule has 0 saturated carbocycles. The highest BCUT2D eigenvalue weighted by Crippen LogP contribution is 2.11. The van der Waals surface area contributed by atoms with E-state index in [9.17, 15) is 4.39 Å². The first kappa shape index (κ1) is 16.2. The summed E-state index contributed by atoms with van der Waals surface area (Å²) in [7, 11) is 0. The van der Waals surface area contributed by atoms with Crippen LogP contribution in [0.4, 0.5) is 4.39 Å². The molecule has 22 heavy (non-hydrogen) atoms. The number of ether oxygens (including phenoxy) is 1. The molecule has 0 unspecified atom stereocenters. The molecular formula is C19H22FNO. The molecule has 2 aromatic carbocycles. The second kappa shape index (κ2) is 8.98. The van der Waals surface area contributed by atoms with Gasteiger partial charge in [-0.1, -0.05) is 25.5 Å². The Hall–Kier alpha value is -2.16. The minimum absolute atomic E-state index is 0.200. The molecule has 0 aromatic heterocycles. The zero-order valence-corrected chi connectivity index (χ0v) is 13.0. The van der Waals surface area contributed by atoms with Crippen LogP contribution in [-0.4, -0.2) is 19.4 Å². The van der Waals surface area contributed by atoms with E-state index in [-0.39, 0.29) is 5.82 Å². The Morgan fingerprint density at radius 2 is 1.77 bits per heavy atom. The topological polar surface area (TPSA) is 21.6 Å². The maximum absolute atomic E-state index is 12.8. The van der Waals surface area contributed by atoms with E-state index in [1.807, 2.05) is 30.5 Å². The lowest BCUT2D eigenvalue weighted by Crippen LogP contribution is -1.96. The predicted molar refractivity (Wildman–Crippen MR) is 89.4 cm³/mol. The van der Waals surface area contributed by atoms with Crippen LogP contribution in [0.1, 0.15) is 30.9 Å². The standard InChI is InChI=1S/C19H22FNO/c1-2-3-14-22-19-10-6-17(7-11-19)15-21-13-12-16-4-8-18(20)9-5-16/h4-11,15H,2-3,12-14H2,1H3. The maximum Gasteiger partial charge on any atom is 0.123 e. The molecule has 0 amide bonds. The van der Waals surface area contributed by atoms with Gasteiger partial charge < -0.3 is 4.74 Å². The lowest BCUT2D eigenvalue weighted by Gasteiger charge is -2.04. The van der Waals surface area contributed by atoms with Crippen molar-refractivity contribution in [1.29, 1.82) is 0 Å². The second-order valence-electron chi connectivity index (χ2n) is 5.18. The zero-order valence-electron chi connectivity index (χ0n) is 13.0. The van der Waals surface area contributed by atoms with Crippen molar-refractivity contribution >= 4 is 6.21 Å². The Morgan fingerprint density at radius 1 is 1.05 bits per heavy atom. The normalized spacial score (nSPS) is 11.0. The van der Waals surface area contributed by atoms with Gasteiger partial charge in [0.2, 0.25) is 0 Å². The molecule has 0 atom stereocenters. The predicted octanol–water partition coefficient (Wildman–Crippen LogP) is 4.67. The van der Waals surface area contributed by atoms with E-state index in [4.69, 9.17) is 4.74 Å². The highest BCUT2D eigenvalue weighted by molar-refractivity contribution is 5.79. The fourth-order valence-corrected chi connectivity index (χ4v) is 2.00. The first-order valence-corrected chi connectivity index (χ1v) is 7.75. The summed E-state index contributed by atoms with van der Waals surface area (Å²) in [4.78, 5) is 4.40. The molecule has 0 spiro atoms. The number of hydrogen-bond donors (Lipinski definition) is 0. The molecule has 2 aromatic rings. The summed E-state index contributed by atoms with van der Waals surface area (Å²) in [6, 6.07) is 14.5. The van der Waals surface area contributed by atoms with Crippen LogP contribution in [0.5, 0.6) is 5.75 Å². The lowest BCUT2D eigenvalue weighted by molar-refractivity contribution is 0.309. The van der Waals surface area contributed by atoms with Crippen LogP contribution < -0.4 is 4.74 Å². The van der Waals surface area contributed by atoms with Gasteiger partial charge in [-0.3, -0.25) is 4.99 Å². The van der Waals surface area contributed by atoms with Crippen molar-refractivity contribution in [1.82, 2.24) is 0 Å². The largest absolute Gasteiger partial charge is 0.494 e. The first-order chi connectivity index (χ1) is 10.8. The fourth-order valence-electron chi connectivity index (χ4n) is 2.00. The van der Waals surface area contributed by atoms with Crippen molar-refractivity contribution in [2.24, 2.45) is 4.99 Å². The van der Waals surface area contributed by atoms with Crippen molar-refractivity contribution < 1.29 is 9.13 Å². The number of nitrogens with zero attached hydrogens (tertiary/aromatic N) is 1. The summed E-state index contributed by atoms with van der Waals surface area (Å²) < 4.78 is 18.4. The van der Waals surface area contributed by atoms with Crippen molar-refractivity contribution in [3.63, 3.8) is 0 Å². The van der Waals surface area contributed by atoms with E-state index in [2.05, 4.69) is 11.9 Å². The molecule has 0 saturated heterocycles. The van der Waals surface area contributed by atoms with Crippen molar-refractivity contribution in [3.05, 3.63) is 65.5 Å². The van der Waals surface area contributed by atoms with Crippen molar-refractivity contribution in [2.45, 2.75) is 26.2 Å². The van der Waals surface area contributed by atoms with Crippen LogP contribution in [0.15, 0.2) is 53.5 Å². The van der Waals surface area contributed by atoms with Crippen LogP contribution in [0.2, 0.25) is 0 Å². The zero-order chi connectivity index (χ0) is 15.6. The van der Waals surface area contributed by atoms with Crippen LogP contribution >= 0.6 is 0 Å². The lowest BCUT2D eigenvalue weighted by atomic mass is 10.1. The molecule has 0 bridgehead atoms. The van der Waals surface area contributed by atoms with Gasteiger partial charge in [-0.05, 0) is 60.4 Å². The number of benzene rings is 2. The minimum atomic E-state index is -0.200. The van der Waals surface area contributed by atoms with Gasteiger partial charge in [0.1, 0.15) is 11.6 Å². The first-order valence-electron chi connectivity index (χ1n) is 7.75. The molecule has 2 nitrogen and oxygen atoms in total. The number of aliphatic imine (C=N–C) groups is 1. The molecule has 0 aliphatic heterocycles.